The van der Waals surface area contributed by atoms with Crippen LogP contribution in [0.4, 0.5) is 9.18 Å². The summed E-state index contributed by atoms with van der Waals surface area (Å²) >= 11 is 6.20. The highest BCUT2D eigenvalue weighted by atomic mass is 35.5. The van der Waals surface area contributed by atoms with Crippen molar-refractivity contribution in [2.45, 2.75) is 4.87 Å². The minimum absolute atomic E-state index is 0.246. The fourth-order valence-electron chi connectivity index (χ4n) is 1.63. The first-order valence-electron chi connectivity index (χ1n) is 4.44. The Labute approximate surface area is 91.1 Å². The number of likely N-dealkylation sites (tertiary alicyclic amines) is 1. The van der Waals surface area contributed by atoms with Crippen LogP contribution in [0.1, 0.15) is 5.56 Å². The normalized spacial score (nSPS) is 18.4. The molecule has 1 aromatic carbocycles. The number of hydrogen-bond donors (Lipinski definition) is 1. The van der Waals surface area contributed by atoms with Crippen LogP contribution in [0.5, 0.6) is 0 Å². The average molecular weight is 230 g/mol. The van der Waals surface area contributed by atoms with Crippen LogP contribution in [0.25, 0.3) is 0 Å². The van der Waals surface area contributed by atoms with Crippen LogP contribution in [0, 0.1) is 5.82 Å². The van der Waals surface area contributed by atoms with E-state index in [0.717, 1.165) is 5.56 Å². The van der Waals surface area contributed by atoms with Gasteiger partial charge in [-0.25, -0.2) is 9.18 Å². The van der Waals surface area contributed by atoms with Crippen LogP contribution in [-0.4, -0.2) is 29.2 Å². The van der Waals surface area contributed by atoms with E-state index in [9.17, 15) is 9.18 Å². The number of benzene rings is 1. The van der Waals surface area contributed by atoms with Gasteiger partial charge in [-0.2, -0.15) is 0 Å². The van der Waals surface area contributed by atoms with Crippen molar-refractivity contribution >= 4 is 17.7 Å². The maximum Gasteiger partial charge on any atom is 0.407 e. The second-order valence-electron chi connectivity index (χ2n) is 3.61. The van der Waals surface area contributed by atoms with Crippen LogP contribution in [0.3, 0.4) is 0 Å². The minimum Gasteiger partial charge on any atom is -0.465 e. The van der Waals surface area contributed by atoms with Crippen LogP contribution in [0.15, 0.2) is 24.3 Å². The summed E-state index contributed by atoms with van der Waals surface area (Å²) in [5.74, 6) is -0.326. The Morgan fingerprint density at radius 3 is 2.40 bits per heavy atom. The van der Waals surface area contributed by atoms with E-state index >= 15 is 0 Å². The first-order chi connectivity index (χ1) is 7.01. The number of carbonyl (C=O) groups is 1. The van der Waals surface area contributed by atoms with Gasteiger partial charge in [-0.15, -0.1) is 11.6 Å². The number of alkyl halides is 1. The minimum atomic E-state index is -0.978. The topological polar surface area (TPSA) is 40.5 Å². The molecule has 80 valence electrons. The van der Waals surface area contributed by atoms with E-state index in [1.165, 1.54) is 17.0 Å². The van der Waals surface area contributed by atoms with E-state index < -0.39 is 11.0 Å². The molecule has 0 aliphatic carbocycles. The summed E-state index contributed by atoms with van der Waals surface area (Å²) < 4.78 is 12.7. The number of hydrogen-bond acceptors (Lipinski definition) is 1. The van der Waals surface area contributed by atoms with Crippen molar-refractivity contribution in [1.29, 1.82) is 0 Å². The fourth-order valence-corrected chi connectivity index (χ4v) is 2.04. The highest BCUT2D eigenvalue weighted by molar-refractivity contribution is 6.25. The molecule has 1 saturated heterocycles. The molecule has 0 atom stereocenters. The van der Waals surface area contributed by atoms with E-state index in [1.807, 2.05) is 0 Å². The Morgan fingerprint density at radius 2 is 1.93 bits per heavy atom. The van der Waals surface area contributed by atoms with Crippen molar-refractivity contribution in [1.82, 2.24) is 4.90 Å². The first-order valence-corrected chi connectivity index (χ1v) is 4.82. The Balaban J connectivity index is 2.13. The molecule has 5 heteroatoms. The van der Waals surface area contributed by atoms with Gasteiger partial charge in [0.05, 0.1) is 0 Å². The van der Waals surface area contributed by atoms with Crippen molar-refractivity contribution in [3.63, 3.8) is 0 Å². The van der Waals surface area contributed by atoms with Crippen LogP contribution >= 0.6 is 11.6 Å². The van der Waals surface area contributed by atoms with Gasteiger partial charge in [-0.3, -0.25) is 0 Å². The molecule has 15 heavy (non-hydrogen) atoms. The molecule has 0 bridgehead atoms. The van der Waals surface area contributed by atoms with Gasteiger partial charge in [-0.05, 0) is 17.7 Å². The lowest BCUT2D eigenvalue weighted by molar-refractivity contribution is 0.0926. The van der Waals surface area contributed by atoms with E-state index in [4.69, 9.17) is 16.7 Å². The summed E-state index contributed by atoms with van der Waals surface area (Å²) in [4.78, 5) is 11.1. The quantitative estimate of drug-likeness (QED) is 0.751. The number of halogens is 2. The smallest absolute Gasteiger partial charge is 0.407 e. The van der Waals surface area contributed by atoms with Gasteiger partial charge in [0.15, 0.2) is 0 Å². The third kappa shape index (κ3) is 1.77. The lowest BCUT2D eigenvalue weighted by Crippen LogP contribution is -2.57. The Morgan fingerprint density at radius 1 is 1.40 bits per heavy atom. The van der Waals surface area contributed by atoms with E-state index in [0.29, 0.717) is 0 Å². The van der Waals surface area contributed by atoms with Crippen molar-refractivity contribution < 1.29 is 14.3 Å². The number of carboxylic acid groups (broad SMARTS) is 1. The summed E-state index contributed by atoms with van der Waals surface area (Å²) in [5.41, 5.74) is 0.753. The molecule has 0 spiro atoms. The van der Waals surface area contributed by atoms with Crippen molar-refractivity contribution in [2.24, 2.45) is 0 Å². The zero-order valence-corrected chi connectivity index (χ0v) is 8.54. The molecule has 1 aliphatic rings. The van der Waals surface area contributed by atoms with Gasteiger partial charge >= 0.3 is 6.09 Å². The summed E-state index contributed by atoms with van der Waals surface area (Å²) in [6.45, 7) is 0.491. The molecular weight excluding hydrogens is 221 g/mol. The number of nitrogens with zero attached hydrogens (tertiary/aromatic N) is 1. The van der Waals surface area contributed by atoms with Crippen LogP contribution in [-0.2, 0) is 4.87 Å². The summed E-state index contributed by atoms with van der Waals surface area (Å²) in [6, 6.07) is 5.81. The Bertz CT molecular complexity index is 387. The summed E-state index contributed by atoms with van der Waals surface area (Å²) in [5, 5.41) is 8.66. The second-order valence-corrected chi connectivity index (χ2v) is 4.33. The van der Waals surface area contributed by atoms with Crippen molar-refractivity contribution in [2.75, 3.05) is 13.1 Å². The Kier molecular flexibility index (Phi) is 2.31. The molecule has 0 aromatic heterocycles. The monoisotopic (exact) mass is 229 g/mol. The van der Waals surface area contributed by atoms with Crippen LogP contribution < -0.4 is 0 Å². The number of rotatable bonds is 1. The highest BCUT2D eigenvalue weighted by Crippen LogP contribution is 2.38. The maximum atomic E-state index is 12.7. The summed E-state index contributed by atoms with van der Waals surface area (Å²) in [6.07, 6.45) is -0.978. The van der Waals surface area contributed by atoms with Gasteiger partial charge in [0.25, 0.3) is 0 Å². The molecule has 0 radical (unpaired) electrons. The van der Waals surface area contributed by atoms with Crippen LogP contribution in [0.2, 0.25) is 0 Å². The molecular formula is C10H9ClFNO2. The van der Waals surface area contributed by atoms with E-state index in [-0.39, 0.29) is 18.9 Å². The lowest BCUT2D eigenvalue weighted by atomic mass is 9.91. The molecule has 3 nitrogen and oxygen atoms in total. The summed E-state index contributed by atoms with van der Waals surface area (Å²) in [7, 11) is 0. The van der Waals surface area contributed by atoms with E-state index in [1.54, 1.807) is 12.1 Å². The Hall–Kier alpha value is -1.29. The van der Waals surface area contributed by atoms with Gasteiger partial charge in [0, 0.05) is 13.1 Å². The highest BCUT2D eigenvalue weighted by Gasteiger charge is 2.45. The molecule has 1 amide bonds. The van der Waals surface area contributed by atoms with Gasteiger partial charge in [0.2, 0.25) is 0 Å². The molecule has 1 fully saturated rings. The molecule has 0 unspecified atom stereocenters. The zero-order valence-electron chi connectivity index (χ0n) is 7.78. The molecule has 1 aliphatic heterocycles. The lowest BCUT2D eigenvalue weighted by Gasteiger charge is -2.44. The average Bonchev–Trinajstić information content (AvgIpc) is 2.13. The van der Waals surface area contributed by atoms with Gasteiger partial charge in [-0.1, -0.05) is 12.1 Å². The molecule has 1 heterocycles. The maximum absolute atomic E-state index is 12.7. The third-order valence-electron chi connectivity index (χ3n) is 2.52. The molecule has 1 N–H and O–H groups in total. The number of amides is 1. The van der Waals surface area contributed by atoms with Crippen molar-refractivity contribution in [3.05, 3.63) is 35.6 Å². The zero-order chi connectivity index (χ0) is 11.1. The van der Waals surface area contributed by atoms with Gasteiger partial charge < -0.3 is 10.0 Å². The van der Waals surface area contributed by atoms with E-state index in [2.05, 4.69) is 0 Å². The predicted molar refractivity (Wildman–Crippen MR) is 53.5 cm³/mol. The second kappa shape index (κ2) is 3.38. The van der Waals surface area contributed by atoms with Crippen molar-refractivity contribution in [3.8, 4) is 0 Å². The molecule has 2 rings (SSSR count). The third-order valence-corrected chi connectivity index (χ3v) is 2.97. The SMILES string of the molecule is O=C(O)N1CC(Cl)(c2ccc(F)cc2)C1. The largest absolute Gasteiger partial charge is 0.465 e. The first kappa shape index (κ1) is 10.2. The molecule has 1 aromatic rings. The standard InChI is InChI=1S/C10H9ClFNO2/c11-10(5-13(6-10)9(14)15)7-1-3-8(12)4-2-7/h1-4H,5-6H2,(H,14,15). The predicted octanol–water partition coefficient (Wildman–Crippen LogP) is 2.25. The molecule has 0 saturated carbocycles. The van der Waals surface area contributed by atoms with Gasteiger partial charge in [0.1, 0.15) is 10.7 Å². The fraction of sp³-hybridized carbons (Fsp3) is 0.300.